The molecular formula is C22H24N2O3. The number of nitrogens with zero attached hydrogens (tertiary/aromatic N) is 1. The summed E-state index contributed by atoms with van der Waals surface area (Å²) in [5, 5.41) is 2.97. The van der Waals surface area contributed by atoms with Crippen molar-refractivity contribution in [2.75, 3.05) is 5.32 Å². The fourth-order valence-electron chi connectivity index (χ4n) is 3.17. The maximum atomic E-state index is 12.5. The fourth-order valence-corrected chi connectivity index (χ4v) is 3.17. The molecular weight excluding hydrogens is 340 g/mol. The summed E-state index contributed by atoms with van der Waals surface area (Å²) in [6.45, 7) is 3.71. The number of carbonyl (C=O) groups is 2. The van der Waals surface area contributed by atoms with Crippen LogP contribution in [0.5, 0.6) is 0 Å². The molecule has 0 bridgehead atoms. The van der Waals surface area contributed by atoms with Gasteiger partial charge < -0.3 is 10.1 Å². The number of carbonyl (C=O) groups excluding carboxylic acids is 2. The van der Waals surface area contributed by atoms with Crippen molar-refractivity contribution in [3.8, 4) is 0 Å². The zero-order valence-corrected chi connectivity index (χ0v) is 15.7. The van der Waals surface area contributed by atoms with Gasteiger partial charge in [0.05, 0.1) is 11.7 Å². The van der Waals surface area contributed by atoms with Crippen LogP contribution in [0.4, 0.5) is 5.69 Å². The lowest BCUT2D eigenvalue weighted by atomic mass is 9.94. The normalized spacial score (nSPS) is 14.3. The highest BCUT2D eigenvalue weighted by Crippen LogP contribution is 2.35. The van der Waals surface area contributed by atoms with E-state index in [0.717, 1.165) is 41.6 Å². The van der Waals surface area contributed by atoms with E-state index in [9.17, 15) is 9.59 Å². The van der Waals surface area contributed by atoms with Crippen molar-refractivity contribution in [1.82, 2.24) is 4.98 Å². The van der Waals surface area contributed by atoms with Crippen LogP contribution in [0, 0.1) is 0 Å². The Morgan fingerprint density at radius 2 is 1.96 bits per heavy atom. The fraction of sp³-hybridized carbons (Fsp3) is 0.318. The Labute approximate surface area is 159 Å². The Balaban J connectivity index is 1.78. The molecule has 3 rings (SSSR count). The van der Waals surface area contributed by atoms with Crippen molar-refractivity contribution in [2.45, 2.75) is 45.6 Å². The molecule has 0 saturated heterocycles. The van der Waals surface area contributed by atoms with Crippen LogP contribution in [0.2, 0.25) is 0 Å². The first kappa shape index (κ1) is 18.8. The van der Waals surface area contributed by atoms with E-state index in [1.54, 1.807) is 18.5 Å². The van der Waals surface area contributed by atoms with E-state index in [1.807, 2.05) is 38.1 Å². The molecule has 27 heavy (non-hydrogen) atoms. The molecule has 0 atom stereocenters. The summed E-state index contributed by atoms with van der Waals surface area (Å²) in [6, 6.07) is 9.52. The lowest BCUT2D eigenvalue weighted by molar-refractivity contribution is -0.147. The summed E-state index contributed by atoms with van der Waals surface area (Å²) >= 11 is 0. The molecule has 2 aromatic rings. The maximum absolute atomic E-state index is 12.5. The standard InChI is InChI=1S/C22H24N2O3/c1-15(2)27-21(25)11-5-3-4-8-16-17-9-6-7-10-20(17)24-22(26)18-12-13-23-14-19(16)18/h6-10,12-15H,3-5,11H2,1-2H3,(H,24,26)/b16-8-. The number of esters is 1. The van der Waals surface area contributed by atoms with E-state index < -0.39 is 0 Å². The van der Waals surface area contributed by atoms with Crippen molar-refractivity contribution in [3.05, 3.63) is 65.5 Å². The monoisotopic (exact) mass is 364 g/mol. The smallest absolute Gasteiger partial charge is 0.306 e. The number of pyridine rings is 1. The second-order valence-electron chi connectivity index (χ2n) is 6.82. The second-order valence-corrected chi connectivity index (χ2v) is 6.82. The Hall–Kier alpha value is -2.95. The summed E-state index contributed by atoms with van der Waals surface area (Å²) in [4.78, 5) is 28.4. The third-order valence-electron chi connectivity index (χ3n) is 4.37. The third-order valence-corrected chi connectivity index (χ3v) is 4.37. The average molecular weight is 364 g/mol. The van der Waals surface area contributed by atoms with Gasteiger partial charge in [0.15, 0.2) is 0 Å². The van der Waals surface area contributed by atoms with Gasteiger partial charge in [0.25, 0.3) is 5.91 Å². The van der Waals surface area contributed by atoms with Gasteiger partial charge in [-0.3, -0.25) is 14.6 Å². The number of fused-ring (bicyclic) bond motifs is 2. The van der Waals surface area contributed by atoms with Crippen LogP contribution in [-0.4, -0.2) is 23.0 Å². The number of ether oxygens (including phenoxy) is 1. The number of hydrogen-bond donors (Lipinski definition) is 1. The minimum atomic E-state index is -0.151. The van der Waals surface area contributed by atoms with Gasteiger partial charge in [0, 0.05) is 35.6 Å². The van der Waals surface area contributed by atoms with E-state index in [-0.39, 0.29) is 18.0 Å². The van der Waals surface area contributed by atoms with Gasteiger partial charge >= 0.3 is 5.97 Å². The molecule has 0 spiro atoms. The van der Waals surface area contributed by atoms with Gasteiger partial charge in [-0.2, -0.15) is 0 Å². The topological polar surface area (TPSA) is 68.3 Å². The minimum absolute atomic E-state index is 0.0730. The average Bonchev–Trinajstić information content (AvgIpc) is 2.76. The number of allylic oxidation sites excluding steroid dienone is 1. The van der Waals surface area contributed by atoms with Gasteiger partial charge in [-0.05, 0) is 50.8 Å². The summed E-state index contributed by atoms with van der Waals surface area (Å²) in [6.07, 6.45) is 8.31. The number of hydrogen-bond acceptors (Lipinski definition) is 4. The number of para-hydroxylation sites is 1. The van der Waals surface area contributed by atoms with Crippen molar-refractivity contribution < 1.29 is 14.3 Å². The largest absolute Gasteiger partial charge is 0.463 e. The number of nitrogens with one attached hydrogen (secondary N) is 1. The molecule has 0 saturated carbocycles. The van der Waals surface area contributed by atoms with Crippen molar-refractivity contribution >= 4 is 23.1 Å². The Morgan fingerprint density at radius 1 is 1.15 bits per heavy atom. The van der Waals surface area contributed by atoms with Crippen LogP contribution in [0.3, 0.4) is 0 Å². The van der Waals surface area contributed by atoms with Crippen LogP contribution < -0.4 is 5.32 Å². The molecule has 0 unspecified atom stereocenters. The van der Waals surface area contributed by atoms with Gasteiger partial charge in [-0.25, -0.2) is 0 Å². The highest BCUT2D eigenvalue weighted by molar-refractivity contribution is 6.12. The molecule has 1 aromatic carbocycles. The van der Waals surface area contributed by atoms with Crippen LogP contribution in [-0.2, 0) is 9.53 Å². The highest BCUT2D eigenvalue weighted by Gasteiger charge is 2.22. The molecule has 1 aromatic heterocycles. The van der Waals surface area contributed by atoms with E-state index >= 15 is 0 Å². The molecule has 1 amide bonds. The number of aromatic nitrogens is 1. The van der Waals surface area contributed by atoms with Crippen LogP contribution in [0.25, 0.3) is 5.57 Å². The zero-order chi connectivity index (χ0) is 19.2. The van der Waals surface area contributed by atoms with Crippen LogP contribution in [0.1, 0.15) is 61.0 Å². The molecule has 0 fully saturated rings. The number of rotatable bonds is 6. The van der Waals surface area contributed by atoms with Gasteiger partial charge in [0.2, 0.25) is 0 Å². The molecule has 1 aliphatic heterocycles. The first-order valence-corrected chi connectivity index (χ1v) is 9.31. The van der Waals surface area contributed by atoms with Gasteiger partial charge in [0.1, 0.15) is 0 Å². The predicted molar refractivity (Wildman–Crippen MR) is 105 cm³/mol. The molecule has 5 heteroatoms. The molecule has 140 valence electrons. The van der Waals surface area contributed by atoms with Crippen LogP contribution in [0.15, 0.2) is 48.8 Å². The minimum Gasteiger partial charge on any atom is -0.463 e. The summed E-state index contributed by atoms with van der Waals surface area (Å²) in [5.41, 5.74) is 4.23. The van der Waals surface area contributed by atoms with Gasteiger partial charge in [-0.15, -0.1) is 0 Å². The van der Waals surface area contributed by atoms with E-state index in [4.69, 9.17) is 4.74 Å². The maximum Gasteiger partial charge on any atom is 0.306 e. The number of anilines is 1. The molecule has 5 nitrogen and oxygen atoms in total. The van der Waals surface area contributed by atoms with Crippen molar-refractivity contribution in [3.63, 3.8) is 0 Å². The number of unbranched alkanes of at least 4 members (excludes halogenated alkanes) is 2. The number of benzene rings is 1. The number of amides is 1. The second kappa shape index (κ2) is 8.62. The SMILES string of the molecule is CC(C)OC(=O)CCCC/C=C1/c2ccccc2NC(=O)c2ccncc21. The molecule has 1 aliphatic rings. The first-order chi connectivity index (χ1) is 13.1. The summed E-state index contributed by atoms with van der Waals surface area (Å²) in [7, 11) is 0. The van der Waals surface area contributed by atoms with Crippen LogP contribution >= 0.6 is 0 Å². The lowest BCUT2D eigenvalue weighted by Gasteiger charge is -2.10. The molecule has 2 heterocycles. The molecule has 0 aliphatic carbocycles. The van der Waals surface area contributed by atoms with E-state index in [2.05, 4.69) is 16.4 Å². The Bertz CT molecular complexity index is 871. The summed E-state index contributed by atoms with van der Waals surface area (Å²) < 4.78 is 5.16. The third kappa shape index (κ3) is 4.61. The highest BCUT2D eigenvalue weighted by atomic mass is 16.5. The van der Waals surface area contributed by atoms with Crippen molar-refractivity contribution in [1.29, 1.82) is 0 Å². The Morgan fingerprint density at radius 3 is 2.78 bits per heavy atom. The van der Waals surface area contributed by atoms with E-state index in [0.29, 0.717) is 12.0 Å². The van der Waals surface area contributed by atoms with E-state index in [1.165, 1.54) is 0 Å². The quantitative estimate of drug-likeness (QED) is 0.601. The summed E-state index contributed by atoms with van der Waals surface area (Å²) in [5.74, 6) is -0.276. The lowest BCUT2D eigenvalue weighted by Crippen LogP contribution is -2.11. The predicted octanol–water partition coefficient (Wildman–Crippen LogP) is 4.59. The van der Waals surface area contributed by atoms with Gasteiger partial charge in [-0.1, -0.05) is 24.3 Å². The zero-order valence-electron chi connectivity index (χ0n) is 15.7. The molecule has 1 N–H and O–H groups in total. The molecule has 0 radical (unpaired) electrons. The van der Waals surface area contributed by atoms with Crippen molar-refractivity contribution in [2.24, 2.45) is 0 Å². The Kier molecular flexibility index (Phi) is 6.01. The first-order valence-electron chi connectivity index (χ1n) is 9.31.